The lowest BCUT2D eigenvalue weighted by Gasteiger charge is -2.34. The zero-order valence-corrected chi connectivity index (χ0v) is 25.3. The van der Waals surface area contributed by atoms with Crippen LogP contribution in [-0.2, 0) is 19.2 Å². The highest BCUT2D eigenvalue weighted by atomic mass is 35.5. The SMILES string of the molecule is Cc1cc(OC(=O)[C@@H]2CC(=O)N(c3ccc(F)cc3)C2)ccc1N1C(=O)[C@@H]2[C@H](C1=O)[C@@]1(Cl)C(Cl)=C(Cl)[C@@]2(Cl)C1(Cl)Cl. The number of carbonyl (C=O) groups is 4. The number of imide groups is 1. The van der Waals surface area contributed by atoms with Crippen LogP contribution in [0.1, 0.15) is 12.0 Å². The van der Waals surface area contributed by atoms with Crippen LogP contribution >= 0.6 is 69.6 Å². The molecule has 0 unspecified atom stereocenters. The van der Waals surface area contributed by atoms with E-state index in [1.54, 1.807) is 6.92 Å². The first kappa shape index (κ1) is 29.0. The van der Waals surface area contributed by atoms with Gasteiger partial charge in [0.05, 0.1) is 33.5 Å². The number of hydrogen-bond donors (Lipinski definition) is 0. The first-order valence-corrected chi connectivity index (χ1v) is 14.5. The molecular weight excluding hydrogens is 664 g/mol. The zero-order chi connectivity index (χ0) is 29.8. The molecule has 14 heteroatoms. The number of ether oxygens (including phenoxy) is 1. The fourth-order valence-corrected chi connectivity index (χ4v) is 9.04. The maximum atomic E-state index is 13.6. The molecule has 6 rings (SSSR count). The summed E-state index contributed by atoms with van der Waals surface area (Å²) in [4.78, 5) is 51.1. The van der Waals surface area contributed by atoms with Crippen molar-refractivity contribution in [3.05, 3.63) is 63.9 Å². The van der Waals surface area contributed by atoms with Gasteiger partial charge in [-0.1, -0.05) is 46.4 Å². The third-order valence-electron chi connectivity index (χ3n) is 8.13. The van der Waals surface area contributed by atoms with E-state index in [0.717, 1.165) is 4.90 Å². The van der Waals surface area contributed by atoms with E-state index in [9.17, 15) is 23.6 Å². The normalized spacial score (nSPS) is 31.9. The van der Waals surface area contributed by atoms with Gasteiger partial charge < -0.3 is 9.64 Å². The number of anilines is 2. The predicted octanol–water partition coefficient (Wildman–Crippen LogP) is 6.04. The second kappa shape index (κ2) is 9.46. The Hall–Kier alpha value is -2.07. The van der Waals surface area contributed by atoms with E-state index in [1.807, 2.05) is 0 Å². The van der Waals surface area contributed by atoms with Gasteiger partial charge in [0.25, 0.3) is 0 Å². The minimum absolute atomic E-state index is 0.0715. The van der Waals surface area contributed by atoms with Crippen molar-refractivity contribution in [2.75, 3.05) is 16.3 Å². The number of amides is 3. The van der Waals surface area contributed by atoms with E-state index in [0.29, 0.717) is 11.3 Å². The van der Waals surface area contributed by atoms with Gasteiger partial charge in [-0.2, -0.15) is 0 Å². The van der Waals surface area contributed by atoms with Gasteiger partial charge in [-0.3, -0.25) is 19.2 Å². The molecule has 41 heavy (non-hydrogen) atoms. The summed E-state index contributed by atoms with van der Waals surface area (Å²) in [6.45, 7) is 1.69. The Morgan fingerprint density at radius 1 is 0.927 bits per heavy atom. The van der Waals surface area contributed by atoms with E-state index in [1.165, 1.54) is 47.4 Å². The highest BCUT2D eigenvalue weighted by molar-refractivity contribution is 6.67. The van der Waals surface area contributed by atoms with Crippen molar-refractivity contribution < 1.29 is 28.3 Å². The largest absolute Gasteiger partial charge is 0.426 e. The van der Waals surface area contributed by atoms with Crippen molar-refractivity contribution in [1.82, 2.24) is 0 Å². The third-order valence-corrected chi connectivity index (χ3v) is 12.4. The van der Waals surface area contributed by atoms with Gasteiger partial charge in [0.1, 0.15) is 21.3 Å². The van der Waals surface area contributed by atoms with Crippen LogP contribution in [0.15, 0.2) is 52.5 Å². The Balaban J connectivity index is 1.21. The Labute approximate surface area is 263 Å². The molecule has 2 aliphatic heterocycles. The van der Waals surface area contributed by atoms with Gasteiger partial charge >= 0.3 is 5.97 Å². The van der Waals surface area contributed by atoms with Gasteiger partial charge in [0.15, 0.2) is 4.33 Å². The standard InChI is InChI=1S/C27H17Cl6FN2O5/c1-11-8-15(41-24(40)12-9-17(37)35(10-12)14-4-2-13(34)3-5-14)6-7-16(11)36-22(38)18-19(23(36)39)26(31)21(29)20(28)25(18,30)27(26,32)33/h2-8,12,18-19H,9-10H2,1H3/t12-,18-,19+,25-,26-/m1/s1. The summed E-state index contributed by atoms with van der Waals surface area (Å²) < 4.78 is 16.7. The minimum atomic E-state index is -2.04. The summed E-state index contributed by atoms with van der Waals surface area (Å²) in [5, 5.41) is -0.375. The highest BCUT2D eigenvalue weighted by Crippen LogP contribution is 2.77. The molecule has 0 N–H and O–H groups in total. The van der Waals surface area contributed by atoms with Crippen LogP contribution in [0.3, 0.4) is 0 Å². The van der Waals surface area contributed by atoms with E-state index < -0.39 is 55.4 Å². The van der Waals surface area contributed by atoms with Crippen LogP contribution < -0.4 is 14.5 Å². The number of aryl methyl sites for hydroxylation is 1. The average Bonchev–Trinajstić information content (AvgIpc) is 3.50. The minimum Gasteiger partial charge on any atom is -0.426 e. The van der Waals surface area contributed by atoms with Crippen molar-refractivity contribution in [3.8, 4) is 5.75 Å². The summed E-state index contributed by atoms with van der Waals surface area (Å²) in [6.07, 6.45) is -0.0744. The second-order valence-electron chi connectivity index (χ2n) is 10.3. The molecule has 0 radical (unpaired) electrons. The van der Waals surface area contributed by atoms with Crippen LogP contribution in [0.25, 0.3) is 0 Å². The zero-order valence-electron chi connectivity index (χ0n) is 20.8. The summed E-state index contributed by atoms with van der Waals surface area (Å²) in [7, 11) is 0. The lowest BCUT2D eigenvalue weighted by atomic mass is 9.84. The molecule has 2 heterocycles. The number of benzene rings is 2. The van der Waals surface area contributed by atoms with Crippen molar-refractivity contribution in [3.63, 3.8) is 0 Å². The molecule has 0 aromatic heterocycles. The first-order chi connectivity index (χ1) is 19.2. The second-order valence-corrected chi connectivity index (χ2v) is 13.6. The van der Waals surface area contributed by atoms with E-state index >= 15 is 0 Å². The molecule has 214 valence electrons. The highest BCUT2D eigenvalue weighted by Gasteiger charge is 2.87. The maximum absolute atomic E-state index is 13.6. The molecule has 0 spiro atoms. The van der Waals surface area contributed by atoms with Gasteiger partial charge in [-0.05, 0) is 55.0 Å². The molecule has 1 saturated carbocycles. The third kappa shape index (κ3) is 3.71. The maximum Gasteiger partial charge on any atom is 0.316 e. The number of esters is 1. The fraction of sp³-hybridized carbons (Fsp3) is 0.333. The predicted molar refractivity (Wildman–Crippen MR) is 153 cm³/mol. The van der Waals surface area contributed by atoms with Gasteiger partial charge in [-0.25, -0.2) is 9.29 Å². The molecule has 3 amide bonds. The summed E-state index contributed by atoms with van der Waals surface area (Å²) >= 11 is 39.3. The van der Waals surface area contributed by atoms with Crippen LogP contribution in [0.2, 0.25) is 0 Å². The van der Waals surface area contributed by atoms with Crippen LogP contribution in [0.4, 0.5) is 15.8 Å². The van der Waals surface area contributed by atoms with Gasteiger partial charge in [0.2, 0.25) is 17.7 Å². The van der Waals surface area contributed by atoms with Crippen molar-refractivity contribution >= 4 is 105 Å². The molecule has 2 bridgehead atoms. The number of carbonyl (C=O) groups excluding carboxylic acids is 4. The molecule has 2 saturated heterocycles. The number of fused-ring (bicyclic) bond motifs is 5. The average molecular weight is 681 g/mol. The molecule has 2 aromatic rings. The van der Waals surface area contributed by atoms with Crippen molar-refractivity contribution in [1.29, 1.82) is 0 Å². The molecule has 4 aliphatic rings. The van der Waals surface area contributed by atoms with Crippen molar-refractivity contribution in [2.45, 2.75) is 27.4 Å². The van der Waals surface area contributed by atoms with E-state index in [-0.39, 0.29) is 40.4 Å². The number of nitrogens with zero attached hydrogens (tertiary/aromatic N) is 2. The number of alkyl halides is 4. The van der Waals surface area contributed by atoms with Gasteiger partial charge in [0, 0.05) is 18.7 Å². The Morgan fingerprint density at radius 3 is 2.02 bits per heavy atom. The number of halogens is 7. The molecule has 5 atom stereocenters. The number of allylic oxidation sites excluding steroid dienone is 2. The van der Waals surface area contributed by atoms with E-state index in [4.69, 9.17) is 74.3 Å². The molecule has 2 aromatic carbocycles. The molecule has 7 nitrogen and oxygen atoms in total. The monoisotopic (exact) mass is 678 g/mol. The molecule has 3 fully saturated rings. The number of hydrogen-bond acceptors (Lipinski definition) is 5. The molecule has 2 aliphatic carbocycles. The Bertz CT molecular complexity index is 1550. The lowest BCUT2D eigenvalue weighted by molar-refractivity contribution is -0.139. The van der Waals surface area contributed by atoms with E-state index in [2.05, 4.69) is 0 Å². The molecular formula is C27H17Cl6FN2O5. The van der Waals surface area contributed by atoms with Crippen LogP contribution in [0.5, 0.6) is 5.75 Å². The fourth-order valence-electron chi connectivity index (χ4n) is 6.11. The number of rotatable bonds is 4. The van der Waals surface area contributed by atoms with Crippen LogP contribution in [-0.4, -0.2) is 44.3 Å². The van der Waals surface area contributed by atoms with Gasteiger partial charge in [-0.15, -0.1) is 23.2 Å². The first-order valence-electron chi connectivity index (χ1n) is 12.2. The Kier molecular flexibility index (Phi) is 6.70. The Morgan fingerprint density at radius 2 is 1.49 bits per heavy atom. The quantitative estimate of drug-likeness (QED) is 0.170. The smallest absolute Gasteiger partial charge is 0.316 e. The summed E-state index contributed by atoms with van der Waals surface area (Å²) in [6, 6.07) is 9.70. The van der Waals surface area contributed by atoms with Crippen molar-refractivity contribution in [2.24, 2.45) is 17.8 Å². The van der Waals surface area contributed by atoms with Crippen LogP contribution in [0, 0.1) is 30.5 Å². The summed E-state index contributed by atoms with van der Waals surface area (Å²) in [5.74, 6) is -5.96. The topological polar surface area (TPSA) is 84.0 Å². The lowest BCUT2D eigenvalue weighted by Crippen LogP contribution is -2.50. The summed E-state index contributed by atoms with van der Waals surface area (Å²) in [5.41, 5.74) is 1.09.